The van der Waals surface area contributed by atoms with Crippen LogP contribution >= 0.6 is 15.9 Å². The van der Waals surface area contributed by atoms with Crippen LogP contribution in [0.1, 0.15) is 18.4 Å². The molecule has 1 aliphatic heterocycles. The summed E-state index contributed by atoms with van der Waals surface area (Å²) >= 11 is 3.47. The first-order valence-electron chi connectivity index (χ1n) is 9.85. The van der Waals surface area contributed by atoms with E-state index in [9.17, 15) is 9.59 Å². The van der Waals surface area contributed by atoms with Crippen LogP contribution < -0.4 is 11.0 Å². The zero-order valence-electron chi connectivity index (χ0n) is 16.7. The van der Waals surface area contributed by atoms with Crippen LogP contribution in [0.5, 0.6) is 0 Å². The monoisotopic (exact) mass is 456 g/mol. The molecular weight excluding hydrogens is 432 g/mol. The Balaban J connectivity index is 1.36. The van der Waals surface area contributed by atoms with Gasteiger partial charge in [-0.3, -0.25) is 18.8 Å². The average Bonchev–Trinajstić information content (AvgIpc) is 2.94. The number of anilines is 1. The summed E-state index contributed by atoms with van der Waals surface area (Å²) in [6.07, 6.45) is 1.71. The minimum atomic E-state index is -0.0679. The lowest BCUT2D eigenvalue weighted by atomic mass is 9.95. The molecule has 1 aromatic heterocycles. The molecule has 0 unspecified atom stereocenters. The van der Waals surface area contributed by atoms with E-state index in [1.54, 1.807) is 23.2 Å². The van der Waals surface area contributed by atoms with E-state index >= 15 is 0 Å². The molecule has 1 fully saturated rings. The van der Waals surface area contributed by atoms with E-state index < -0.39 is 0 Å². The molecule has 0 spiro atoms. The number of aromatic nitrogens is 2. The number of carbonyl (C=O) groups excluding carboxylic acids is 1. The number of imidazole rings is 1. The number of nitrogens with zero attached hydrogens (tertiary/aromatic N) is 3. The molecule has 152 valence electrons. The maximum atomic E-state index is 12.8. The Morgan fingerprint density at radius 3 is 2.38 bits per heavy atom. The smallest absolute Gasteiger partial charge is 0.326 e. The Morgan fingerprint density at radius 1 is 1.03 bits per heavy atom. The SMILES string of the molecule is Cn1c(=O)n(C)c2cc(NC(=O)C3CCN(Cc4ccc(Br)cc4)CC3)ccc21. The molecule has 0 atom stereocenters. The highest BCUT2D eigenvalue weighted by molar-refractivity contribution is 9.10. The maximum absolute atomic E-state index is 12.8. The normalized spacial score (nSPS) is 15.7. The molecule has 1 amide bonds. The Bertz CT molecular complexity index is 1090. The van der Waals surface area contributed by atoms with Crippen molar-refractivity contribution in [1.82, 2.24) is 14.0 Å². The van der Waals surface area contributed by atoms with Crippen molar-refractivity contribution in [2.24, 2.45) is 20.0 Å². The number of rotatable bonds is 4. The van der Waals surface area contributed by atoms with Crippen LogP contribution in [0.3, 0.4) is 0 Å². The topological polar surface area (TPSA) is 59.3 Å². The summed E-state index contributed by atoms with van der Waals surface area (Å²) in [5.74, 6) is 0.0834. The van der Waals surface area contributed by atoms with Crippen LogP contribution in [0.15, 0.2) is 51.7 Å². The second kappa shape index (κ2) is 8.16. The van der Waals surface area contributed by atoms with E-state index in [-0.39, 0.29) is 17.5 Å². The lowest BCUT2D eigenvalue weighted by molar-refractivity contribution is -0.121. The number of hydrogen-bond acceptors (Lipinski definition) is 3. The fourth-order valence-electron chi connectivity index (χ4n) is 4.03. The van der Waals surface area contributed by atoms with Crippen molar-refractivity contribution in [1.29, 1.82) is 0 Å². The van der Waals surface area contributed by atoms with Crippen molar-refractivity contribution in [2.75, 3.05) is 18.4 Å². The zero-order chi connectivity index (χ0) is 20.5. The van der Waals surface area contributed by atoms with Gasteiger partial charge in [-0.05, 0) is 61.8 Å². The predicted octanol–water partition coefficient (Wildman–Crippen LogP) is 3.49. The maximum Gasteiger partial charge on any atom is 0.328 e. The van der Waals surface area contributed by atoms with Crippen LogP contribution in [-0.2, 0) is 25.4 Å². The Hall–Kier alpha value is -2.38. The van der Waals surface area contributed by atoms with E-state index in [4.69, 9.17) is 0 Å². The molecule has 1 saturated heterocycles. The first-order valence-corrected chi connectivity index (χ1v) is 10.6. The Labute approximate surface area is 178 Å². The van der Waals surface area contributed by atoms with Crippen molar-refractivity contribution in [2.45, 2.75) is 19.4 Å². The van der Waals surface area contributed by atoms with E-state index in [0.29, 0.717) is 0 Å². The molecule has 29 heavy (non-hydrogen) atoms. The molecule has 0 bridgehead atoms. The second-order valence-electron chi connectivity index (χ2n) is 7.77. The van der Waals surface area contributed by atoms with Gasteiger partial charge in [0.25, 0.3) is 0 Å². The van der Waals surface area contributed by atoms with Crippen LogP contribution in [0, 0.1) is 5.92 Å². The van der Waals surface area contributed by atoms with Crippen LogP contribution in [-0.4, -0.2) is 33.0 Å². The summed E-state index contributed by atoms with van der Waals surface area (Å²) in [5, 5.41) is 3.04. The van der Waals surface area contributed by atoms with Gasteiger partial charge in [0.05, 0.1) is 11.0 Å². The largest absolute Gasteiger partial charge is 0.328 e. The summed E-state index contributed by atoms with van der Waals surface area (Å²) in [7, 11) is 3.50. The zero-order valence-corrected chi connectivity index (χ0v) is 18.3. The highest BCUT2D eigenvalue weighted by Crippen LogP contribution is 2.23. The highest BCUT2D eigenvalue weighted by Gasteiger charge is 2.25. The number of aryl methyl sites for hydroxylation is 2. The van der Waals surface area contributed by atoms with Gasteiger partial charge < -0.3 is 5.32 Å². The molecule has 1 aliphatic rings. The number of likely N-dealkylation sites (tertiary alicyclic amines) is 1. The van der Waals surface area contributed by atoms with Crippen molar-refractivity contribution in [3.8, 4) is 0 Å². The van der Waals surface area contributed by atoms with E-state index in [1.807, 2.05) is 18.2 Å². The number of fused-ring (bicyclic) bond motifs is 1. The molecule has 4 rings (SSSR count). The van der Waals surface area contributed by atoms with Gasteiger partial charge in [0, 0.05) is 36.7 Å². The summed E-state index contributed by atoms with van der Waals surface area (Å²) in [6, 6.07) is 14.0. The fraction of sp³-hybridized carbons (Fsp3) is 0.364. The van der Waals surface area contributed by atoms with E-state index in [1.165, 1.54) is 5.56 Å². The molecule has 0 saturated carbocycles. The molecule has 3 aromatic rings. The molecule has 2 heterocycles. The van der Waals surface area contributed by atoms with Crippen molar-refractivity contribution < 1.29 is 4.79 Å². The van der Waals surface area contributed by atoms with Crippen LogP contribution in [0.4, 0.5) is 5.69 Å². The van der Waals surface area contributed by atoms with Crippen LogP contribution in [0.25, 0.3) is 11.0 Å². The number of halogens is 1. The summed E-state index contributed by atoms with van der Waals surface area (Å²) in [4.78, 5) is 27.2. The van der Waals surface area contributed by atoms with Gasteiger partial charge in [-0.15, -0.1) is 0 Å². The molecular formula is C22H25BrN4O2. The number of hydrogen-bond donors (Lipinski definition) is 1. The van der Waals surface area contributed by atoms with Gasteiger partial charge in [-0.2, -0.15) is 0 Å². The van der Waals surface area contributed by atoms with E-state index in [2.05, 4.69) is 50.4 Å². The van der Waals surface area contributed by atoms with Crippen molar-refractivity contribution in [3.63, 3.8) is 0 Å². The number of amides is 1. The van der Waals surface area contributed by atoms with E-state index in [0.717, 1.165) is 53.7 Å². The van der Waals surface area contributed by atoms with Gasteiger partial charge in [-0.25, -0.2) is 4.79 Å². The van der Waals surface area contributed by atoms with Gasteiger partial charge in [0.15, 0.2) is 0 Å². The van der Waals surface area contributed by atoms with Crippen LogP contribution in [0.2, 0.25) is 0 Å². The van der Waals surface area contributed by atoms with Crippen molar-refractivity contribution in [3.05, 3.63) is 63.0 Å². The number of benzene rings is 2. The third-order valence-electron chi connectivity index (χ3n) is 5.82. The summed E-state index contributed by atoms with van der Waals surface area (Å²) in [5.41, 5.74) is 3.64. The molecule has 7 heteroatoms. The molecule has 1 N–H and O–H groups in total. The number of carbonyl (C=O) groups is 1. The molecule has 2 aromatic carbocycles. The highest BCUT2D eigenvalue weighted by atomic mass is 79.9. The Kier molecular flexibility index (Phi) is 5.61. The lowest BCUT2D eigenvalue weighted by Gasteiger charge is -2.31. The van der Waals surface area contributed by atoms with Crippen molar-refractivity contribution >= 4 is 38.6 Å². The third-order valence-corrected chi connectivity index (χ3v) is 6.35. The fourth-order valence-corrected chi connectivity index (χ4v) is 4.29. The second-order valence-corrected chi connectivity index (χ2v) is 8.69. The minimum Gasteiger partial charge on any atom is -0.326 e. The predicted molar refractivity (Wildman–Crippen MR) is 119 cm³/mol. The van der Waals surface area contributed by atoms with Gasteiger partial charge in [0.2, 0.25) is 5.91 Å². The van der Waals surface area contributed by atoms with Gasteiger partial charge in [-0.1, -0.05) is 28.1 Å². The number of piperidine rings is 1. The summed E-state index contributed by atoms with van der Waals surface area (Å²) < 4.78 is 4.30. The first-order chi connectivity index (χ1) is 13.9. The standard InChI is InChI=1S/C22H25BrN4O2/c1-25-19-8-7-18(13-20(19)26(2)22(25)29)24-21(28)16-9-11-27(12-10-16)14-15-3-5-17(23)6-4-15/h3-8,13,16H,9-12,14H2,1-2H3,(H,24,28). The quantitative estimate of drug-likeness (QED) is 0.653. The molecule has 0 aliphatic carbocycles. The molecule has 0 radical (unpaired) electrons. The first kappa shape index (κ1) is 19.9. The van der Waals surface area contributed by atoms with Gasteiger partial charge >= 0.3 is 5.69 Å². The molecule has 6 nitrogen and oxygen atoms in total. The average molecular weight is 457 g/mol. The third kappa shape index (κ3) is 4.16. The van der Waals surface area contributed by atoms with Gasteiger partial charge in [0.1, 0.15) is 0 Å². The Morgan fingerprint density at radius 2 is 1.69 bits per heavy atom. The minimum absolute atomic E-state index is 0.0199. The summed E-state index contributed by atoms with van der Waals surface area (Å²) in [6.45, 7) is 2.75. The number of nitrogens with one attached hydrogen (secondary N) is 1. The lowest BCUT2D eigenvalue weighted by Crippen LogP contribution is -2.37.